The van der Waals surface area contributed by atoms with E-state index in [2.05, 4.69) is 10.3 Å². The zero-order chi connectivity index (χ0) is 17.3. The molecule has 1 amide bonds. The fraction of sp³-hybridized carbons (Fsp3) is 0.368. The van der Waals surface area contributed by atoms with Gasteiger partial charge in [-0.1, -0.05) is 0 Å². The number of hydrogen-bond acceptors (Lipinski definition) is 5. The van der Waals surface area contributed by atoms with Gasteiger partial charge in [-0.3, -0.25) is 4.79 Å². The Hall–Kier alpha value is -2.76. The van der Waals surface area contributed by atoms with Crippen molar-refractivity contribution < 1.29 is 19.0 Å². The highest BCUT2D eigenvalue weighted by molar-refractivity contribution is 6.05. The van der Waals surface area contributed by atoms with Crippen LogP contribution < -0.4 is 19.5 Å². The van der Waals surface area contributed by atoms with Crippen LogP contribution >= 0.6 is 0 Å². The minimum atomic E-state index is -0.504. The molecule has 0 saturated heterocycles. The van der Waals surface area contributed by atoms with Gasteiger partial charge in [0.1, 0.15) is 5.56 Å². The van der Waals surface area contributed by atoms with Crippen LogP contribution in [0.4, 0.5) is 5.69 Å². The third-order valence-corrected chi connectivity index (χ3v) is 4.46. The summed E-state index contributed by atoms with van der Waals surface area (Å²) in [4.78, 5) is 16.7. The number of rotatable bonds is 4. The smallest absolute Gasteiger partial charge is 0.261 e. The quantitative estimate of drug-likeness (QED) is 0.917. The van der Waals surface area contributed by atoms with Crippen LogP contribution in [0.5, 0.6) is 17.4 Å². The first-order valence-electron chi connectivity index (χ1n) is 8.60. The molecule has 0 bridgehead atoms. The number of carbonyl (C=O) groups is 1. The maximum Gasteiger partial charge on any atom is 0.261 e. The molecule has 1 spiro atoms. The van der Waals surface area contributed by atoms with Crippen LogP contribution in [0.3, 0.4) is 0 Å². The van der Waals surface area contributed by atoms with Crippen molar-refractivity contribution in [2.75, 3.05) is 11.9 Å². The highest BCUT2D eigenvalue weighted by atomic mass is 16.7. The lowest BCUT2D eigenvalue weighted by molar-refractivity contribution is -0.0716. The summed E-state index contributed by atoms with van der Waals surface area (Å²) in [7, 11) is 0. The van der Waals surface area contributed by atoms with Crippen molar-refractivity contribution in [2.45, 2.75) is 38.4 Å². The van der Waals surface area contributed by atoms with Crippen molar-refractivity contribution in [3.8, 4) is 17.4 Å². The van der Waals surface area contributed by atoms with E-state index in [9.17, 15) is 4.79 Å². The molecule has 1 aliphatic carbocycles. The van der Waals surface area contributed by atoms with Gasteiger partial charge in [0.05, 0.1) is 6.61 Å². The molecule has 1 aromatic heterocycles. The predicted molar refractivity (Wildman–Crippen MR) is 92.3 cm³/mol. The minimum Gasteiger partial charge on any atom is -0.477 e. The van der Waals surface area contributed by atoms with E-state index in [4.69, 9.17) is 14.2 Å². The molecule has 130 valence electrons. The zero-order valence-electron chi connectivity index (χ0n) is 14.1. The van der Waals surface area contributed by atoms with Crippen LogP contribution in [0, 0.1) is 0 Å². The summed E-state index contributed by atoms with van der Waals surface area (Å²) in [5.41, 5.74) is 1.04. The Morgan fingerprint density at radius 3 is 2.84 bits per heavy atom. The number of amides is 1. The Balaban J connectivity index is 1.52. The SMILES string of the molecule is CCOc1ncccc1C(=O)Nc1ccc2c(c1)OC1(CCCC1)O2. The molecule has 2 aliphatic rings. The van der Waals surface area contributed by atoms with Gasteiger partial charge in [-0.15, -0.1) is 0 Å². The molecule has 1 N–H and O–H groups in total. The van der Waals surface area contributed by atoms with E-state index < -0.39 is 5.79 Å². The Kier molecular flexibility index (Phi) is 3.95. The average molecular weight is 340 g/mol. The average Bonchev–Trinajstić information content (AvgIpc) is 3.21. The minimum absolute atomic E-state index is 0.272. The van der Waals surface area contributed by atoms with Crippen molar-refractivity contribution in [1.82, 2.24) is 4.98 Å². The highest BCUT2D eigenvalue weighted by Gasteiger charge is 2.44. The van der Waals surface area contributed by atoms with Crippen LogP contribution in [-0.2, 0) is 0 Å². The molecule has 4 rings (SSSR count). The van der Waals surface area contributed by atoms with Gasteiger partial charge >= 0.3 is 0 Å². The molecule has 1 aliphatic heterocycles. The lowest BCUT2D eigenvalue weighted by atomic mass is 10.2. The van der Waals surface area contributed by atoms with E-state index in [1.807, 2.05) is 19.1 Å². The number of nitrogens with zero attached hydrogens (tertiary/aromatic N) is 1. The Labute approximate surface area is 146 Å². The number of pyridine rings is 1. The molecule has 25 heavy (non-hydrogen) atoms. The molecule has 0 unspecified atom stereocenters. The van der Waals surface area contributed by atoms with E-state index in [0.717, 1.165) is 31.4 Å². The summed E-state index contributed by atoms with van der Waals surface area (Å²) in [5, 5.41) is 2.87. The summed E-state index contributed by atoms with van der Waals surface area (Å²) in [6.45, 7) is 2.30. The first-order chi connectivity index (χ1) is 12.2. The van der Waals surface area contributed by atoms with Gasteiger partial charge in [0.2, 0.25) is 5.88 Å². The van der Waals surface area contributed by atoms with Gasteiger partial charge in [-0.2, -0.15) is 0 Å². The molecule has 6 heteroatoms. The molecule has 2 heterocycles. The number of ether oxygens (including phenoxy) is 3. The Bertz CT molecular complexity index is 800. The summed E-state index contributed by atoms with van der Waals surface area (Å²) >= 11 is 0. The monoisotopic (exact) mass is 340 g/mol. The molecule has 0 atom stereocenters. The third kappa shape index (κ3) is 2.99. The van der Waals surface area contributed by atoms with E-state index in [1.54, 1.807) is 24.4 Å². The second-order valence-electron chi connectivity index (χ2n) is 6.23. The second-order valence-corrected chi connectivity index (χ2v) is 6.23. The fourth-order valence-corrected chi connectivity index (χ4v) is 3.30. The topological polar surface area (TPSA) is 69.7 Å². The summed E-state index contributed by atoms with van der Waals surface area (Å²) in [6.07, 6.45) is 5.62. The fourth-order valence-electron chi connectivity index (χ4n) is 3.30. The maximum absolute atomic E-state index is 12.6. The van der Waals surface area contributed by atoms with E-state index in [0.29, 0.717) is 29.5 Å². The molecule has 1 fully saturated rings. The van der Waals surface area contributed by atoms with Crippen LogP contribution in [0.1, 0.15) is 43.0 Å². The predicted octanol–water partition coefficient (Wildman–Crippen LogP) is 3.77. The van der Waals surface area contributed by atoms with Gasteiger partial charge in [-0.05, 0) is 44.0 Å². The van der Waals surface area contributed by atoms with Crippen molar-refractivity contribution in [3.05, 3.63) is 42.1 Å². The molecule has 1 aromatic carbocycles. The van der Waals surface area contributed by atoms with Crippen LogP contribution in [0.25, 0.3) is 0 Å². The number of anilines is 1. The first-order valence-corrected chi connectivity index (χ1v) is 8.60. The second kappa shape index (κ2) is 6.27. The molecular formula is C19H20N2O4. The van der Waals surface area contributed by atoms with E-state index in [1.165, 1.54) is 0 Å². The number of aromatic nitrogens is 1. The summed E-state index contributed by atoms with van der Waals surface area (Å²) in [5.74, 6) is 0.961. The lowest BCUT2D eigenvalue weighted by Gasteiger charge is -2.21. The highest BCUT2D eigenvalue weighted by Crippen LogP contribution is 2.47. The van der Waals surface area contributed by atoms with Crippen molar-refractivity contribution in [1.29, 1.82) is 0 Å². The van der Waals surface area contributed by atoms with Gasteiger partial charge < -0.3 is 19.5 Å². The third-order valence-electron chi connectivity index (χ3n) is 4.46. The van der Waals surface area contributed by atoms with E-state index in [-0.39, 0.29) is 5.91 Å². The summed E-state index contributed by atoms with van der Waals surface area (Å²) in [6, 6.07) is 8.85. The largest absolute Gasteiger partial charge is 0.477 e. The van der Waals surface area contributed by atoms with Gasteiger partial charge in [0.25, 0.3) is 11.7 Å². The number of carbonyl (C=O) groups excluding carboxylic acids is 1. The van der Waals surface area contributed by atoms with Crippen molar-refractivity contribution >= 4 is 11.6 Å². The zero-order valence-corrected chi connectivity index (χ0v) is 14.1. The normalized spacial score (nSPS) is 16.8. The summed E-state index contributed by atoms with van der Waals surface area (Å²) < 4.78 is 17.4. The number of nitrogens with one attached hydrogen (secondary N) is 1. The maximum atomic E-state index is 12.6. The molecule has 0 radical (unpaired) electrons. The van der Waals surface area contributed by atoms with Crippen molar-refractivity contribution in [2.24, 2.45) is 0 Å². The molecule has 2 aromatic rings. The first kappa shape index (κ1) is 15.7. The van der Waals surface area contributed by atoms with Gasteiger partial charge in [0, 0.05) is 30.8 Å². The Morgan fingerprint density at radius 1 is 1.24 bits per heavy atom. The number of hydrogen-bond donors (Lipinski definition) is 1. The van der Waals surface area contributed by atoms with Crippen molar-refractivity contribution in [3.63, 3.8) is 0 Å². The number of benzene rings is 1. The Morgan fingerprint density at radius 2 is 2.04 bits per heavy atom. The standard InChI is InChI=1S/C19H20N2O4/c1-2-23-18-14(6-5-11-20-18)17(22)21-13-7-8-15-16(12-13)25-19(24-15)9-3-4-10-19/h5-8,11-12H,2-4,9-10H2,1H3,(H,21,22). The van der Waals surface area contributed by atoms with E-state index >= 15 is 0 Å². The van der Waals surface area contributed by atoms with Crippen LogP contribution in [-0.4, -0.2) is 23.3 Å². The lowest BCUT2D eigenvalue weighted by Crippen LogP contribution is -2.34. The molecule has 6 nitrogen and oxygen atoms in total. The molecule has 1 saturated carbocycles. The van der Waals surface area contributed by atoms with Gasteiger partial charge in [0.15, 0.2) is 11.5 Å². The number of fused-ring (bicyclic) bond motifs is 1. The van der Waals surface area contributed by atoms with Crippen LogP contribution in [0.2, 0.25) is 0 Å². The molecular weight excluding hydrogens is 320 g/mol. The van der Waals surface area contributed by atoms with Gasteiger partial charge in [-0.25, -0.2) is 4.98 Å². The van der Waals surface area contributed by atoms with Crippen LogP contribution in [0.15, 0.2) is 36.5 Å².